The van der Waals surface area contributed by atoms with Crippen molar-refractivity contribution in [3.8, 4) is 5.75 Å². The van der Waals surface area contributed by atoms with Crippen molar-refractivity contribution in [2.75, 3.05) is 31.4 Å². The topological polar surface area (TPSA) is 70.7 Å². The molecule has 2 N–H and O–H groups in total. The van der Waals surface area contributed by atoms with Crippen molar-refractivity contribution in [2.45, 2.75) is 13.5 Å². The fraction of sp³-hybridized carbons (Fsp3) is 0.263. The summed E-state index contributed by atoms with van der Waals surface area (Å²) in [6, 6.07) is 9.83. The first-order valence-corrected chi connectivity index (χ1v) is 8.01. The molecule has 138 valence electrons. The smallest absolute Gasteiger partial charge is 0.313 e. The van der Waals surface area contributed by atoms with Gasteiger partial charge >= 0.3 is 11.8 Å². The van der Waals surface area contributed by atoms with Crippen molar-refractivity contribution in [3.05, 3.63) is 53.3 Å². The maximum absolute atomic E-state index is 13.6. The Labute approximate surface area is 152 Å². The van der Waals surface area contributed by atoms with Crippen molar-refractivity contribution >= 4 is 23.2 Å². The summed E-state index contributed by atoms with van der Waals surface area (Å²) in [6.45, 7) is 1.88. The second-order valence-corrected chi connectivity index (χ2v) is 6.00. The van der Waals surface area contributed by atoms with Gasteiger partial charge in [-0.2, -0.15) is 0 Å². The minimum absolute atomic E-state index is 0.0334. The molecule has 0 bridgehead atoms. The maximum atomic E-state index is 13.6. The van der Waals surface area contributed by atoms with Gasteiger partial charge in [0.2, 0.25) is 0 Å². The highest BCUT2D eigenvalue weighted by molar-refractivity contribution is 6.39. The van der Waals surface area contributed by atoms with Gasteiger partial charge in [0.1, 0.15) is 0 Å². The first-order chi connectivity index (χ1) is 12.3. The van der Waals surface area contributed by atoms with Gasteiger partial charge in [-0.15, -0.1) is 0 Å². The van der Waals surface area contributed by atoms with E-state index >= 15 is 0 Å². The summed E-state index contributed by atoms with van der Waals surface area (Å²) in [5.74, 6) is -1.98. The van der Waals surface area contributed by atoms with Crippen LogP contribution in [0.4, 0.5) is 15.8 Å². The molecule has 0 radical (unpaired) electrons. The minimum atomic E-state index is -0.794. The van der Waals surface area contributed by atoms with E-state index in [1.165, 1.54) is 19.2 Å². The molecule has 26 heavy (non-hydrogen) atoms. The summed E-state index contributed by atoms with van der Waals surface area (Å²) in [7, 11) is 5.21. The van der Waals surface area contributed by atoms with E-state index < -0.39 is 17.6 Å². The zero-order chi connectivity index (χ0) is 19.3. The standard InChI is InChI=1S/C19H22FN3O3/c1-12-9-14(23(2)3)6-7-16(12)22-19(25)18(24)21-11-13-5-8-17(26-4)15(20)10-13/h5-10H,11H2,1-4H3,(H,21,24)(H,22,25). The second kappa shape index (κ2) is 8.33. The monoisotopic (exact) mass is 359 g/mol. The van der Waals surface area contributed by atoms with E-state index in [9.17, 15) is 14.0 Å². The number of rotatable bonds is 5. The van der Waals surface area contributed by atoms with Crippen LogP contribution in [0.2, 0.25) is 0 Å². The Kier molecular flexibility index (Phi) is 6.16. The Hall–Kier alpha value is -3.09. The number of hydrogen-bond donors (Lipinski definition) is 2. The highest BCUT2D eigenvalue weighted by Crippen LogP contribution is 2.21. The van der Waals surface area contributed by atoms with Crippen molar-refractivity contribution in [1.82, 2.24) is 5.32 Å². The molecular formula is C19H22FN3O3. The van der Waals surface area contributed by atoms with E-state index in [1.54, 1.807) is 12.1 Å². The number of nitrogens with zero attached hydrogens (tertiary/aromatic N) is 1. The Balaban J connectivity index is 1.95. The molecule has 0 atom stereocenters. The normalized spacial score (nSPS) is 10.2. The first-order valence-electron chi connectivity index (χ1n) is 8.01. The second-order valence-electron chi connectivity index (χ2n) is 6.00. The highest BCUT2D eigenvalue weighted by Gasteiger charge is 2.15. The molecular weight excluding hydrogens is 337 g/mol. The van der Waals surface area contributed by atoms with Crippen molar-refractivity contribution < 1.29 is 18.7 Å². The highest BCUT2D eigenvalue weighted by atomic mass is 19.1. The van der Waals surface area contributed by atoms with Crippen LogP contribution in [-0.4, -0.2) is 33.0 Å². The van der Waals surface area contributed by atoms with Crippen LogP contribution in [0.3, 0.4) is 0 Å². The molecule has 2 aromatic carbocycles. The van der Waals surface area contributed by atoms with Crippen LogP contribution in [0, 0.1) is 12.7 Å². The zero-order valence-electron chi connectivity index (χ0n) is 15.2. The Morgan fingerprint density at radius 2 is 1.85 bits per heavy atom. The third-order valence-corrected chi connectivity index (χ3v) is 3.85. The predicted molar refractivity (Wildman–Crippen MR) is 98.9 cm³/mol. The molecule has 0 saturated carbocycles. The van der Waals surface area contributed by atoms with Gasteiger partial charge in [-0.25, -0.2) is 4.39 Å². The number of halogens is 1. The van der Waals surface area contributed by atoms with Gasteiger partial charge in [-0.3, -0.25) is 9.59 Å². The van der Waals surface area contributed by atoms with Gasteiger partial charge < -0.3 is 20.3 Å². The van der Waals surface area contributed by atoms with Gasteiger partial charge in [0.15, 0.2) is 11.6 Å². The van der Waals surface area contributed by atoms with Gasteiger partial charge in [0.05, 0.1) is 7.11 Å². The largest absolute Gasteiger partial charge is 0.494 e. The predicted octanol–water partition coefficient (Wildman–Crippen LogP) is 2.46. The van der Waals surface area contributed by atoms with E-state index in [4.69, 9.17) is 4.74 Å². The summed E-state index contributed by atoms with van der Waals surface area (Å²) in [5.41, 5.74) is 2.92. The lowest BCUT2D eigenvalue weighted by Gasteiger charge is -2.15. The number of carbonyl (C=O) groups excluding carboxylic acids is 2. The lowest BCUT2D eigenvalue weighted by atomic mass is 10.1. The van der Waals surface area contributed by atoms with Gasteiger partial charge in [0, 0.05) is 32.0 Å². The van der Waals surface area contributed by atoms with Crippen LogP contribution in [0.1, 0.15) is 11.1 Å². The Morgan fingerprint density at radius 1 is 1.12 bits per heavy atom. The molecule has 0 fully saturated rings. The fourth-order valence-electron chi connectivity index (χ4n) is 2.33. The molecule has 2 aromatic rings. The zero-order valence-corrected chi connectivity index (χ0v) is 15.2. The van der Waals surface area contributed by atoms with Crippen molar-refractivity contribution in [2.24, 2.45) is 0 Å². The number of aryl methyl sites for hydroxylation is 1. The van der Waals surface area contributed by atoms with Crippen LogP contribution in [0.15, 0.2) is 36.4 Å². The van der Waals surface area contributed by atoms with E-state index in [0.717, 1.165) is 11.3 Å². The molecule has 0 aliphatic heterocycles. The molecule has 0 aromatic heterocycles. The van der Waals surface area contributed by atoms with Crippen LogP contribution in [0.5, 0.6) is 5.75 Å². The average Bonchev–Trinajstić information content (AvgIpc) is 2.61. The van der Waals surface area contributed by atoms with E-state index in [0.29, 0.717) is 11.3 Å². The quantitative estimate of drug-likeness (QED) is 0.805. The lowest BCUT2D eigenvalue weighted by molar-refractivity contribution is -0.136. The van der Waals surface area contributed by atoms with Crippen LogP contribution < -0.4 is 20.3 Å². The van der Waals surface area contributed by atoms with E-state index in [2.05, 4.69) is 10.6 Å². The molecule has 0 heterocycles. The van der Waals surface area contributed by atoms with Crippen LogP contribution >= 0.6 is 0 Å². The lowest BCUT2D eigenvalue weighted by Crippen LogP contribution is -2.35. The number of nitrogens with one attached hydrogen (secondary N) is 2. The summed E-state index contributed by atoms with van der Waals surface area (Å²) in [6.07, 6.45) is 0. The number of carbonyl (C=O) groups is 2. The molecule has 0 unspecified atom stereocenters. The molecule has 0 saturated heterocycles. The summed E-state index contributed by atoms with van der Waals surface area (Å²) in [4.78, 5) is 26.0. The number of amides is 2. The maximum Gasteiger partial charge on any atom is 0.313 e. The number of benzene rings is 2. The van der Waals surface area contributed by atoms with Crippen molar-refractivity contribution in [1.29, 1.82) is 0 Å². The van der Waals surface area contributed by atoms with Gasteiger partial charge in [0.25, 0.3) is 0 Å². The molecule has 0 spiro atoms. The van der Waals surface area contributed by atoms with E-state index in [-0.39, 0.29) is 12.3 Å². The molecule has 2 rings (SSSR count). The number of methoxy groups -OCH3 is 1. The molecule has 0 aliphatic rings. The number of anilines is 2. The third kappa shape index (κ3) is 4.72. The van der Waals surface area contributed by atoms with Crippen LogP contribution in [0.25, 0.3) is 0 Å². The number of hydrogen-bond acceptors (Lipinski definition) is 4. The Bertz CT molecular complexity index is 822. The summed E-state index contributed by atoms with van der Waals surface area (Å²) in [5, 5.41) is 5.04. The molecule has 2 amide bonds. The Morgan fingerprint density at radius 3 is 2.42 bits per heavy atom. The van der Waals surface area contributed by atoms with Gasteiger partial charge in [-0.1, -0.05) is 6.07 Å². The summed E-state index contributed by atoms with van der Waals surface area (Å²) < 4.78 is 18.5. The third-order valence-electron chi connectivity index (χ3n) is 3.85. The SMILES string of the molecule is COc1ccc(CNC(=O)C(=O)Nc2ccc(N(C)C)cc2C)cc1F. The molecule has 7 heteroatoms. The van der Waals surface area contributed by atoms with Gasteiger partial charge in [-0.05, 0) is 48.4 Å². The van der Waals surface area contributed by atoms with Crippen LogP contribution in [-0.2, 0) is 16.1 Å². The van der Waals surface area contributed by atoms with Crippen molar-refractivity contribution in [3.63, 3.8) is 0 Å². The molecule has 6 nitrogen and oxygen atoms in total. The summed E-state index contributed by atoms with van der Waals surface area (Å²) >= 11 is 0. The van der Waals surface area contributed by atoms with E-state index in [1.807, 2.05) is 38.1 Å². The molecule has 0 aliphatic carbocycles. The first kappa shape index (κ1) is 19.2. The number of ether oxygens (including phenoxy) is 1. The average molecular weight is 359 g/mol. The fourth-order valence-corrected chi connectivity index (χ4v) is 2.33. The minimum Gasteiger partial charge on any atom is -0.494 e.